The van der Waals surface area contributed by atoms with Gasteiger partial charge in [-0.2, -0.15) is 0 Å². The predicted molar refractivity (Wildman–Crippen MR) is 111 cm³/mol. The van der Waals surface area contributed by atoms with Crippen molar-refractivity contribution in [2.45, 2.75) is 59.3 Å². The zero-order chi connectivity index (χ0) is 19.8. The fourth-order valence-electron chi connectivity index (χ4n) is 6.20. The minimum atomic E-state index is 0.141. The van der Waals surface area contributed by atoms with Gasteiger partial charge >= 0.3 is 0 Å². The van der Waals surface area contributed by atoms with Crippen molar-refractivity contribution in [3.63, 3.8) is 0 Å². The van der Waals surface area contributed by atoms with Gasteiger partial charge in [-0.1, -0.05) is 38.8 Å². The first-order valence-electron chi connectivity index (χ1n) is 10.3. The SMILES string of the molecule is COc1cc(C[C@@]2(C)[C@@H]3CCC[C@H](CO)[C@@]3(C)CC[C@@H]2C)c(Cl)c(OC)c1. The molecule has 152 valence electrons. The molecule has 0 bridgehead atoms. The molecule has 0 amide bonds. The fourth-order valence-corrected chi connectivity index (χ4v) is 6.46. The molecule has 2 aliphatic carbocycles. The third-order valence-electron chi connectivity index (χ3n) is 8.15. The number of halogens is 1. The highest BCUT2D eigenvalue weighted by Gasteiger charge is 2.55. The molecule has 1 aromatic carbocycles. The summed E-state index contributed by atoms with van der Waals surface area (Å²) in [6.45, 7) is 7.58. The van der Waals surface area contributed by atoms with E-state index in [9.17, 15) is 5.11 Å². The monoisotopic (exact) mass is 394 g/mol. The number of benzene rings is 1. The van der Waals surface area contributed by atoms with Gasteiger partial charge in [-0.15, -0.1) is 0 Å². The second kappa shape index (κ2) is 7.83. The summed E-state index contributed by atoms with van der Waals surface area (Å²) in [5, 5.41) is 10.7. The zero-order valence-corrected chi connectivity index (χ0v) is 18.2. The molecular weight excluding hydrogens is 360 g/mol. The number of hydrogen-bond donors (Lipinski definition) is 1. The number of hydrogen-bond acceptors (Lipinski definition) is 3. The Kier molecular flexibility index (Phi) is 6.03. The molecule has 2 aliphatic rings. The first-order chi connectivity index (χ1) is 12.8. The summed E-state index contributed by atoms with van der Waals surface area (Å²) in [6, 6.07) is 3.92. The van der Waals surface area contributed by atoms with Crippen LogP contribution < -0.4 is 9.47 Å². The van der Waals surface area contributed by atoms with Crippen molar-refractivity contribution in [1.82, 2.24) is 0 Å². The smallest absolute Gasteiger partial charge is 0.141 e. The van der Waals surface area contributed by atoms with Gasteiger partial charge in [-0.05, 0) is 72.3 Å². The largest absolute Gasteiger partial charge is 0.497 e. The van der Waals surface area contributed by atoms with Gasteiger partial charge in [0.25, 0.3) is 0 Å². The second-order valence-corrected chi connectivity index (χ2v) is 9.67. The molecular formula is C23H35ClO3. The van der Waals surface area contributed by atoms with Gasteiger partial charge in [0.2, 0.25) is 0 Å². The molecule has 0 unspecified atom stereocenters. The molecule has 1 aromatic rings. The maximum Gasteiger partial charge on any atom is 0.141 e. The van der Waals surface area contributed by atoms with Crippen LogP contribution in [0.2, 0.25) is 5.02 Å². The third-order valence-corrected chi connectivity index (χ3v) is 8.58. The van der Waals surface area contributed by atoms with Crippen molar-refractivity contribution in [3.8, 4) is 11.5 Å². The molecule has 5 atom stereocenters. The van der Waals surface area contributed by atoms with Crippen LogP contribution in [0.15, 0.2) is 12.1 Å². The van der Waals surface area contributed by atoms with Crippen molar-refractivity contribution in [2.24, 2.45) is 28.6 Å². The molecule has 0 saturated heterocycles. The molecule has 0 radical (unpaired) electrons. The highest BCUT2D eigenvalue weighted by Crippen LogP contribution is 2.62. The van der Waals surface area contributed by atoms with Gasteiger partial charge in [0.1, 0.15) is 11.5 Å². The molecule has 0 spiro atoms. The Balaban J connectivity index is 2.01. The number of fused-ring (bicyclic) bond motifs is 1. The standard InChI is InChI=1S/C23H35ClO3/c1-15-9-10-22(2)17(14-25)7-6-8-20(22)23(15,3)13-16-11-18(26-4)12-19(27-5)21(16)24/h11-12,15,17,20,25H,6-10,13-14H2,1-5H3/t15-,17+,20+,22+,23+/m0/s1. The lowest BCUT2D eigenvalue weighted by Gasteiger charge is -2.60. The molecule has 27 heavy (non-hydrogen) atoms. The summed E-state index contributed by atoms with van der Waals surface area (Å²) >= 11 is 6.71. The molecule has 2 saturated carbocycles. The Morgan fingerprint density at radius 1 is 1.15 bits per heavy atom. The van der Waals surface area contributed by atoms with E-state index in [2.05, 4.69) is 26.8 Å². The molecule has 1 N–H and O–H groups in total. The van der Waals surface area contributed by atoms with Crippen LogP contribution in [0.25, 0.3) is 0 Å². The topological polar surface area (TPSA) is 38.7 Å². The lowest BCUT2D eigenvalue weighted by molar-refractivity contribution is -0.119. The summed E-state index contributed by atoms with van der Waals surface area (Å²) in [6.07, 6.45) is 6.95. The minimum absolute atomic E-state index is 0.141. The van der Waals surface area contributed by atoms with Gasteiger partial charge in [-0.25, -0.2) is 0 Å². The van der Waals surface area contributed by atoms with Gasteiger partial charge in [0.05, 0.1) is 19.2 Å². The number of aliphatic hydroxyl groups is 1. The van der Waals surface area contributed by atoms with E-state index in [0.717, 1.165) is 24.2 Å². The summed E-state index contributed by atoms with van der Waals surface area (Å²) in [5.41, 5.74) is 1.46. The van der Waals surface area contributed by atoms with Crippen LogP contribution in [0, 0.1) is 28.6 Å². The normalized spacial score (nSPS) is 36.2. The van der Waals surface area contributed by atoms with Crippen LogP contribution in [0.4, 0.5) is 0 Å². The van der Waals surface area contributed by atoms with E-state index in [-0.39, 0.29) is 10.8 Å². The van der Waals surface area contributed by atoms with Crippen LogP contribution in [-0.4, -0.2) is 25.9 Å². The first-order valence-corrected chi connectivity index (χ1v) is 10.7. The molecule has 0 aliphatic heterocycles. The van der Waals surface area contributed by atoms with Crippen molar-refractivity contribution in [2.75, 3.05) is 20.8 Å². The number of aliphatic hydroxyl groups excluding tert-OH is 1. The average Bonchev–Trinajstić information content (AvgIpc) is 2.66. The van der Waals surface area contributed by atoms with Crippen LogP contribution in [0.5, 0.6) is 11.5 Å². The summed E-state index contributed by atoms with van der Waals surface area (Å²) in [5.74, 6) is 3.09. The summed E-state index contributed by atoms with van der Waals surface area (Å²) < 4.78 is 11.0. The minimum Gasteiger partial charge on any atom is -0.497 e. The summed E-state index contributed by atoms with van der Waals surface area (Å²) in [7, 11) is 3.33. The lowest BCUT2D eigenvalue weighted by atomic mass is 9.44. The molecule has 0 aromatic heterocycles. The van der Waals surface area contributed by atoms with Gasteiger partial charge in [0, 0.05) is 12.7 Å². The van der Waals surface area contributed by atoms with Crippen molar-refractivity contribution in [1.29, 1.82) is 0 Å². The van der Waals surface area contributed by atoms with Gasteiger partial charge in [0.15, 0.2) is 0 Å². The number of ether oxygens (including phenoxy) is 2. The van der Waals surface area contributed by atoms with E-state index in [1.807, 2.05) is 6.07 Å². The Bertz CT molecular complexity index is 676. The molecule has 3 nitrogen and oxygen atoms in total. The van der Waals surface area contributed by atoms with Crippen LogP contribution in [0.3, 0.4) is 0 Å². The van der Waals surface area contributed by atoms with E-state index in [1.54, 1.807) is 14.2 Å². The van der Waals surface area contributed by atoms with Crippen LogP contribution >= 0.6 is 11.6 Å². The summed E-state index contributed by atoms with van der Waals surface area (Å²) in [4.78, 5) is 0. The average molecular weight is 395 g/mol. The number of methoxy groups -OCH3 is 2. The Hall–Kier alpha value is -0.930. The van der Waals surface area contributed by atoms with E-state index < -0.39 is 0 Å². The van der Waals surface area contributed by atoms with E-state index >= 15 is 0 Å². The quantitative estimate of drug-likeness (QED) is 0.690. The fraction of sp³-hybridized carbons (Fsp3) is 0.739. The van der Waals surface area contributed by atoms with E-state index in [4.69, 9.17) is 21.1 Å². The van der Waals surface area contributed by atoms with Gasteiger partial charge < -0.3 is 14.6 Å². The highest BCUT2D eigenvalue weighted by atomic mass is 35.5. The van der Waals surface area contributed by atoms with Crippen molar-refractivity contribution >= 4 is 11.6 Å². The Morgan fingerprint density at radius 3 is 2.52 bits per heavy atom. The molecule has 3 rings (SSSR count). The Morgan fingerprint density at radius 2 is 1.89 bits per heavy atom. The van der Waals surface area contributed by atoms with E-state index in [1.165, 1.54) is 25.7 Å². The van der Waals surface area contributed by atoms with Crippen molar-refractivity contribution in [3.05, 3.63) is 22.7 Å². The van der Waals surface area contributed by atoms with Crippen LogP contribution in [0.1, 0.15) is 58.4 Å². The third kappa shape index (κ3) is 3.46. The first kappa shape index (κ1) is 20.8. The highest BCUT2D eigenvalue weighted by molar-refractivity contribution is 6.32. The molecule has 4 heteroatoms. The van der Waals surface area contributed by atoms with Crippen molar-refractivity contribution < 1.29 is 14.6 Å². The lowest BCUT2D eigenvalue weighted by Crippen LogP contribution is -2.54. The van der Waals surface area contributed by atoms with Crippen LogP contribution in [-0.2, 0) is 6.42 Å². The molecule has 2 fully saturated rings. The number of rotatable bonds is 5. The zero-order valence-electron chi connectivity index (χ0n) is 17.5. The second-order valence-electron chi connectivity index (χ2n) is 9.29. The predicted octanol–water partition coefficient (Wildman–Crippen LogP) is 5.75. The van der Waals surface area contributed by atoms with E-state index in [0.29, 0.717) is 35.1 Å². The van der Waals surface area contributed by atoms with Gasteiger partial charge in [-0.3, -0.25) is 0 Å². The maximum absolute atomic E-state index is 10.0. The maximum atomic E-state index is 10.0. The Labute approximate surface area is 169 Å². The molecule has 0 heterocycles.